The lowest BCUT2D eigenvalue weighted by atomic mass is 9.71. The van der Waals surface area contributed by atoms with Crippen molar-refractivity contribution in [3.63, 3.8) is 0 Å². The van der Waals surface area contributed by atoms with Crippen molar-refractivity contribution in [1.29, 1.82) is 0 Å². The Labute approximate surface area is 165 Å². The van der Waals surface area contributed by atoms with Crippen LogP contribution < -0.4 is 15.8 Å². The van der Waals surface area contributed by atoms with Gasteiger partial charge < -0.3 is 25.8 Å². The minimum absolute atomic E-state index is 0. The quantitative estimate of drug-likeness (QED) is 0.698. The fourth-order valence-electron chi connectivity index (χ4n) is 3.89. The molecule has 150 valence electrons. The molecule has 0 aromatic heterocycles. The molecule has 2 aliphatic heterocycles. The number of carbonyl (C=O) groups is 2. The molecule has 27 heavy (non-hydrogen) atoms. The van der Waals surface area contributed by atoms with Gasteiger partial charge in [0, 0.05) is 26.2 Å². The number of aliphatic hydroxyl groups excluding tert-OH is 1. The predicted octanol–water partition coefficient (Wildman–Crippen LogP) is 0.858. The third kappa shape index (κ3) is 4.20. The smallest absolute Gasteiger partial charge is 0.257 e. The predicted molar refractivity (Wildman–Crippen MR) is 104 cm³/mol. The number of nitrogens with two attached hydrogens (primary N) is 1. The fraction of sp³-hybridized carbons (Fsp3) is 0.579. The van der Waals surface area contributed by atoms with Crippen molar-refractivity contribution < 1.29 is 19.4 Å². The summed E-state index contributed by atoms with van der Waals surface area (Å²) in [6, 6.07) is 5.46. The number of nitrogens with one attached hydrogen (secondary N) is 1. The zero-order valence-corrected chi connectivity index (χ0v) is 16.4. The minimum Gasteiger partial charge on any atom is -0.491 e. The van der Waals surface area contributed by atoms with E-state index < -0.39 is 11.5 Å². The Morgan fingerprint density at radius 3 is 2.96 bits per heavy atom. The highest BCUT2D eigenvalue weighted by molar-refractivity contribution is 5.98. The summed E-state index contributed by atoms with van der Waals surface area (Å²) < 4.78 is 5.63. The molecule has 1 spiro atoms. The standard InChI is InChI=1S/C19H27N3O4.ClH/c1-13-3-4-15(26-10-7-20)14(11-13)17(24)22-9-5-16(23)19(12-22)6-2-8-21-18(19)25;/h3-4,11,16,23H,2,5-10,12,20H2,1H3,(H,21,25);1H/t16-,19+;/m0./s1. The van der Waals surface area contributed by atoms with Crippen LogP contribution in [0.25, 0.3) is 0 Å². The maximum absolute atomic E-state index is 13.2. The fourth-order valence-corrected chi connectivity index (χ4v) is 3.89. The molecule has 0 bridgehead atoms. The number of rotatable bonds is 4. The van der Waals surface area contributed by atoms with Crippen molar-refractivity contribution in [2.75, 3.05) is 32.8 Å². The van der Waals surface area contributed by atoms with Gasteiger partial charge in [-0.3, -0.25) is 9.59 Å². The summed E-state index contributed by atoms with van der Waals surface area (Å²) >= 11 is 0. The Kier molecular flexibility index (Phi) is 7.08. The molecule has 1 aromatic rings. The van der Waals surface area contributed by atoms with Crippen LogP contribution >= 0.6 is 12.4 Å². The molecule has 4 N–H and O–H groups in total. The van der Waals surface area contributed by atoms with Crippen molar-refractivity contribution in [2.45, 2.75) is 32.3 Å². The van der Waals surface area contributed by atoms with Crippen LogP contribution in [0.15, 0.2) is 18.2 Å². The van der Waals surface area contributed by atoms with Crippen LogP contribution in [0.1, 0.15) is 35.2 Å². The van der Waals surface area contributed by atoms with Crippen molar-refractivity contribution in [1.82, 2.24) is 10.2 Å². The highest BCUT2D eigenvalue weighted by atomic mass is 35.5. The maximum atomic E-state index is 13.2. The first-order valence-electron chi connectivity index (χ1n) is 9.17. The Morgan fingerprint density at radius 1 is 1.48 bits per heavy atom. The lowest BCUT2D eigenvalue weighted by Crippen LogP contribution is -2.62. The van der Waals surface area contributed by atoms with E-state index in [4.69, 9.17) is 10.5 Å². The molecule has 1 aromatic carbocycles. The van der Waals surface area contributed by atoms with Gasteiger partial charge in [0.2, 0.25) is 5.91 Å². The SMILES string of the molecule is Cc1ccc(OCCN)c(C(=O)N2CC[C@H](O)[C@@]3(CCCNC3=O)C2)c1.Cl. The molecule has 7 nitrogen and oxygen atoms in total. The van der Waals surface area contributed by atoms with Crippen LogP contribution in [-0.4, -0.2) is 60.7 Å². The summed E-state index contributed by atoms with van der Waals surface area (Å²) in [4.78, 5) is 27.3. The molecule has 2 aliphatic rings. The van der Waals surface area contributed by atoms with Gasteiger partial charge in [0.05, 0.1) is 17.1 Å². The number of hydrogen-bond acceptors (Lipinski definition) is 5. The highest BCUT2D eigenvalue weighted by Gasteiger charge is 2.50. The Bertz CT molecular complexity index is 700. The number of ether oxygens (including phenoxy) is 1. The van der Waals surface area contributed by atoms with Crippen LogP contribution in [0, 0.1) is 12.3 Å². The molecule has 0 unspecified atom stereocenters. The number of aryl methyl sites for hydroxylation is 1. The van der Waals surface area contributed by atoms with Gasteiger partial charge in [0.15, 0.2) is 0 Å². The normalized spacial score (nSPS) is 24.9. The van der Waals surface area contributed by atoms with E-state index in [0.717, 1.165) is 12.0 Å². The zero-order valence-electron chi connectivity index (χ0n) is 15.6. The van der Waals surface area contributed by atoms with Crippen LogP contribution in [0.5, 0.6) is 5.75 Å². The first-order valence-corrected chi connectivity index (χ1v) is 9.17. The third-order valence-electron chi connectivity index (χ3n) is 5.35. The van der Waals surface area contributed by atoms with Crippen molar-refractivity contribution in [2.24, 2.45) is 11.1 Å². The molecular formula is C19H28ClN3O4. The number of nitrogens with zero attached hydrogens (tertiary/aromatic N) is 1. The van der Waals surface area contributed by atoms with Gasteiger partial charge >= 0.3 is 0 Å². The Hall–Kier alpha value is -1.83. The van der Waals surface area contributed by atoms with Crippen LogP contribution in [-0.2, 0) is 4.79 Å². The van der Waals surface area contributed by atoms with Gasteiger partial charge in [-0.05, 0) is 38.3 Å². The number of amides is 2. The topological polar surface area (TPSA) is 105 Å². The van der Waals surface area contributed by atoms with Crippen molar-refractivity contribution >= 4 is 24.2 Å². The third-order valence-corrected chi connectivity index (χ3v) is 5.35. The maximum Gasteiger partial charge on any atom is 0.257 e. The van der Waals surface area contributed by atoms with E-state index in [1.807, 2.05) is 13.0 Å². The highest BCUT2D eigenvalue weighted by Crippen LogP contribution is 2.38. The molecule has 2 atom stereocenters. The second-order valence-corrected chi connectivity index (χ2v) is 7.18. The first kappa shape index (κ1) is 21.5. The van der Waals surface area contributed by atoms with Gasteiger partial charge in [0.25, 0.3) is 5.91 Å². The average molecular weight is 398 g/mol. The summed E-state index contributed by atoms with van der Waals surface area (Å²) in [7, 11) is 0. The second kappa shape index (κ2) is 8.91. The van der Waals surface area contributed by atoms with Crippen LogP contribution in [0.3, 0.4) is 0 Å². The summed E-state index contributed by atoms with van der Waals surface area (Å²) in [5.41, 5.74) is 6.03. The van der Waals surface area contributed by atoms with Crippen LogP contribution in [0.2, 0.25) is 0 Å². The zero-order chi connectivity index (χ0) is 18.7. The average Bonchev–Trinajstić information content (AvgIpc) is 2.64. The van der Waals surface area contributed by atoms with E-state index in [2.05, 4.69) is 5.32 Å². The van der Waals surface area contributed by atoms with Gasteiger partial charge in [-0.15, -0.1) is 12.4 Å². The van der Waals surface area contributed by atoms with Crippen molar-refractivity contribution in [3.8, 4) is 5.75 Å². The molecule has 8 heteroatoms. The number of halogens is 1. The number of aliphatic hydroxyl groups is 1. The Balaban J connectivity index is 0.00000261. The van der Waals surface area contributed by atoms with E-state index in [0.29, 0.717) is 50.4 Å². The monoisotopic (exact) mass is 397 g/mol. The number of benzene rings is 1. The number of likely N-dealkylation sites (tertiary alicyclic amines) is 1. The number of carbonyl (C=O) groups excluding carboxylic acids is 2. The molecule has 3 rings (SSSR count). The second-order valence-electron chi connectivity index (χ2n) is 7.18. The molecule has 2 fully saturated rings. The Morgan fingerprint density at radius 2 is 2.26 bits per heavy atom. The van der Waals surface area contributed by atoms with Gasteiger partial charge in [-0.2, -0.15) is 0 Å². The van der Waals surface area contributed by atoms with Gasteiger partial charge in [-0.1, -0.05) is 11.6 Å². The van der Waals surface area contributed by atoms with E-state index in [-0.39, 0.29) is 30.8 Å². The van der Waals surface area contributed by atoms with Gasteiger partial charge in [0.1, 0.15) is 12.4 Å². The van der Waals surface area contributed by atoms with Gasteiger partial charge in [-0.25, -0.2) is 0 Å². The molecule has 0 radical (unpaired) electrons. The molecular weight excluding hydrogens is 370 g/mol. The largest absolute Gasteiger partial charge is 0.491 e. The summed E-state index contributed by atoms with van der Waals surface area (Å²) in [5, 5.41) is 13.3. The van der Waals surface area contributed by atoms with E-state index in [1.165, 1.54) is 0 Å². The van der Waals surface area contributed by atoms with E-state index in [9.17, 15) is 14.7 Å². The molecule has 2 amide bonds. The summed E-state index contributed by atoms with van der Waals surface area (Å²) in [6.45, 7) is 3.87. The molecule has 0 saturated carbocycles. The lowest BCUT2D eigenvalue weighted by Gasteiger charge is -2.46. The van der Waals surface area contributed by atoms with E-state index in [1.54, 1.807) is 17.0 Å². The molecule has 0 aliphatic carbocycles. The molecule has 2 saturated heterocycles. The molecule has 2 heterocycles. The van der Waals surface area contributed by atoms with E-state index >= 15 is 0 Å². The number of piperidine rings is 2. The summed E-state index contributed by atoms with van der Waals surface area (Å²) in [6.07, 6.45) is 1.07. The lowest BCUT2D eigenvalue weighted by molar-refractivity contribution is -0.147. The van der Waals surface area contributed by atoms with Crippen LogP contribution in [0.4, 0.5) is 0 Å². The summed E-state index contributed by atoms with van der Waals surface area (Å²) in [5.74, 6) is 0.169. The first-order chi connectivity index (χ1) is 12.5. The minimum atomic E-state index is -0.908. The van der Waals surface area contributed by atoms with Crippen molar-refractivity contribution in [3.05, 3.63) is 29.3 Å². The number of hydrogen-bond donors (Lipinski definition) is 3.